The molecule has 0 aliphatic carbocycles. The maximum Gasteiger partial charge on any atom is 0.0638 e. The maximum absolute atomic E-state index is 9.29. The number of hydrogen-bond donors (Lipinski definition) is 2. The lowest BCUT2D eigenvalue weighted by Crippen LogP contribution is -2.32. The standard InChI is InChI=1S/C15H35N3O2/c1-14(19)12-17(4)10-6-8-16(3)9-7-11-18(5)13-15(2)20/h14-15,19-20H,6-13H2,1-5H3. The van der Waals surface area contributed by atoms with Gasteiger partial charge in [0.2, 0.25) is 0 Å². The van der Waals surface area contributed by atoms with Gasteiger partial charge in [0.05, 0.1) is 12.2 Å². The molecular formula is C15H35N3O2. The summed E-state index contributed by atoms with van der Waals surface area (Å²) in [6.07, 6.45) is 1.76. The van der Waals surface area contributed by atoms with Crippen LogP contribution in [0, 0.1) is 0 Å². The van der Waals surface area contributed by atoms with E-state index in [1.54, 1.807) is 0 Å². The number of likely N-dealkylation sites (N-methyl/N-ethyl adjacent to an activating group) is 2. The van der Waals surface area contributed by atoms with Crippen LogP contribution in [0.25, 0.3) is 0 Å². The number of aliphatic hydroxyl groups excluding tert-OH is 2. The molecule has 0 aliphatic rings. The summed E-state index contributed by atoms with van der Waals surface area (Å²) in [6.45, 7) is 9.36. The molecule has 2 unspecified atom stereocenters. The monoisotopic (exact) mass is 289 g/mol. The van der Waals surface area contributed by atoms with Crippen molar-refractivity contribution in [2.75, 3.05) is 60.4 Å². The first-order chi connectivity index (χ1) is 9.31. The van der Waals surface area contributed by atoms with Crippen LogP contribution >= 0.6 is 0 Å². The molecule has 0 radical (unpaired) electrons. The molecule has 122 valence electrons. The third kappa shape index (κ3) is 12.8. The Hall–Kier alpha value is -0.200. The lowest BCUT2D eigenvalue weighted by atomic mass is 10.3. The Morgan fingerprint density at radius 2 is 0.950 bits per heavy atom. The van der Waals surface area contributed by atoms with Crippen LogP contribution < -0.4 is 0 Å². The normalized spacial score (nSPS) is 15.3. The Bertz CT molecular complexity index is 203. The minimum absolute atomic E-state index is 0.248. The van der Waals surface area contributed by atoms with Gasteiger partial charge in [-0.2, -0.15) is 0 Å². The molecule has 20 heavy (non-hydrogen) atoms. The van der Waals surface area contributed by atoms with E-state index in [-0.39, 0.29) is 12.2 Å². The molecule has 0 saturated heterocycles. The summed E-state index contributed by atoms with van der Waals surface area (Å²) in [6, 6.07) is 0. The van der Waals surface area contributed by atoms with E-state index in [1.807, 2.05) is 13.8 Å². The zero-order chi connectivity index (χ0) is 15.5. The van der Waals surface area contributed by atoms with Gasteiger partial charge in [0.1, 0.15) is 0 Å². The predicted octanol–water partition coefficient (Wildman–Crippen LogP) is 0.324. The Kier molecular flexibility index (Phi) is 11.3. The van der Waals surface area contributed by atoms with Gasteiger partial charge in [0.15, 0.2) is 0 Å². The van der Waals surface area contributed by atoms with E-state index in [4.69, 9.17) is 0 Å². The van der Waals surface area contributed by atoms with Crippen LogP contribution in [0.1, 0.15) is 26.7 Å². The minimum Gasteiger partial charge on any atom is -0.392 e. The fourth-order valence-corrected chi connectivity index (χ4v) is 2.42. The molecule has 0 aromatic carbocycles. The fraction of sp³-hybridized carbons (Fsp3) is 1.00. The SMILES string of the molecule is CC(O)CN(C)CCCN(C)CCCN(C)CC(C)O. The first-order valence-corrected chi connectivity index (χ1v) is 7.73. The number of rotatable bonds is 12. The summed E-state index contributed by atoms with van der Waals surface area (Å²) in [7, 11) is 6.26. The summed E-state index contributed by atoms with van der Waals surface area (Å²) >= 11 is 0. The van der Waals surface area contributed by atoms with Crippen LogP contribution in [0.15, 0.2) is 0 Å². The quantitative estimate of drug-likeness (QED) is 0.542. The van der Waals surface area contributed by atoms with E-state index in [0.717, 1.165) is 52.1 Å². The van der Waals surface area contributed by atoms with Crippen molar-refractivity contribution in [1.82, 2.24) is 14.7 Å². The average Bonchev–Trinajstić information content (AvgIpc) is 2.26. The van der Waals surface area contributed by atoms with Gasteiger partial charge in [-0.1, -0.05) is 0 Å². The largest absolute Gasteiger partial charge is 0.392 e. The van der Waals surface area contributed by atoms with Crippen LogP contribution in [-0.2, 0) is 0 Å². The van der Waals surface area contributed by atoms with E-state index in [0.29, 0.717) is 0 Å². The van der Waals surface area contributed by atoms with Crippen molar-refractivity contribution < 1.29 is 10.2 Å². The van der Waals surface area contributed by atoms with E-state index in [9.17, 15) is 10.2 Å². The van der Waals surface area contributed by atoms with Crippen molar-refractivity contribution in [1.29, 1.82) is 0 Å². The Balaban J connectivity index is 3.52. The summed E-state index contributed by atoms with van der Waals surface area (Å²) in [5, 5.41) is 18.6. The van der Waals surface area contributed by atoms with Gasteiger partial charge in [-0.05, 0) is 74.0 Å². The summed E-state index contributed by atoms with van der Waals surface area (Å²) in [5.41, 5.74) is 0. The van der Waals surface area contributed by atoms with Crippen LogP contribution in [0.3, 0.4) is 0 Å². The molecule has 0 spiro atoms. The number of hydrogen-bond acceptors (Lipinski definition) is 5. The van der Waals surface area contributed by atoms with Crippen molar-refractivity contribution in [2.24, 2.45) is 0 Å². The summed E-state index contributed by atoms with van der Waals surface area (Å²) in [4.78, 5) is 6.70. The lowest BCUT2D eigenvalue weighted by Gasteiger charge is -2.22. The highest BCUT2D eigenvalue weighted by molar-refractivity contribution is 4.61. The Morgan fingerprint density at radius 3 is 1.25 bits per heavy atom. The van der Waals surface area contributed by atoms with Crippen LogP contribution in [0.4, 0.5) is 0 Å². The fourth-order valence-electron chi connectivity index (χ4n) is 2.42. The highest BCUT2D eigenvalue weighted by atomic mass is 16.3. The minimum atomic E-state index is -0.248. The van der Waals surface area contributed by atoms with Gasteiger partial charge in [-0.15, -0.1) is 0 Å². The molecule has 5 nitrogen and oxygen atoms in total. The van der Waals surface area contributed by atoms with Crippen LogP contribution in [0.2, 0.25) is 0 Å². The van der Waals surface area contributed by atoms with Gasteiger partial charge in [0.25, 0.3) is 0 Å². The Morgan fingerprint density at radius 1 is 0.650 bits per heavy atom. The third-order valence-electron chi connectivity index (χ3n) is 3.31. The van der Waals surface area contributed by atoms with E-state index >= 15 is 0 Å². The molecule has 2 atom stereocenters. The number of nitrogens with zero attached hydrogens (tertiary/aromatic N) is 3. The predicted molar refractivity (Wildman–Crippen MR) is 85.1 cm³/mol. The van der Waals surface area contributed by atoms with E-state index < -0.39 is 0 Å². The molecule has 0 aromatic rings. The lowest BCUT2D eigenvalue weighted by molar-refractivity contribution is 0.135. The van der Waals surface area contributed by atoms with Crippen molar-refractivity contribution >= 4 is 0 Å². The van der Waals surface area contributed by atoms with E-state index in [1.165, 1.54) is 0 Å². The second-order valence-corrected chi connectivity index (χ2v) is 6.23. The molecule has 0 aromatic heterocycles. The van der Waals surface area contributed by atoms with Crippen molar-refractivity contribution in [3.05, 3.63) is 0 Å². The molecule has 0 rings (SSSR count). The second-order valence-electron chi connectivity index (χ2n) is 6.23. The molecule has 0 aliphatic heterocycles. The van der Waals surface area contributed by atoms with Gasteiger partial charge >= 0.3 is 0 Å². The topological polar surface area (TPSA) is 50.2 Å². The number of aliphatic hydroxyl groups is 2. The average molecular weight is 289 g/mol. The maximum atomic E-state index is 9.29. The van der Waals surface area contributed by atoms with Crippen LogP contribution in [0.5, 0.6) is 0 Å². The Labute approximate surface area is 125 Å². The van der Waals surface area contributed by atoms with Crippen molar-refractivity contribution in [3.63, 3.8) is 0 Å². The zero-order valence-corrected chi connectivity index (χ0v) is 14.0. The van der Waals surface area contributed by atoms with Crippen LogP contribution in [-0.4, -0.2) is 97.5 Å². The first kappa shape index (κ1) is 19.8. The molecule has 0 amide bonds. The van der Waals surface area contributed by atoms with Gasteiger partial charge in [0, 0.05) is 13.1 Å². The molecular weight excluding hydrogens is 254 g/mol. The summed E-state index contributed by atoms with van der Waals surface area (Å²) in [5.74, 6) is 0. The van der Waals surface area contributed by atoms with Gasteiger partial charge in [-0.25, -0.2) is 0 Å². The molecule has 5 heteroatoms. The highest BCUT2D eigenvalue weighted by Crippen LogP contribution is 1.96. The highest BCUT2D eigenvalue weighted by Gasteiger charge is 2.05. The second kappa shape index (κ2) is 11.5. The van der Waals surface area contributed by atoms with Crippen molar-refractivity contribution in [2.45, 2.75) is 38.9 Å². The first-order valence-electron chi connectivity index (χ1n) is 7.73. The zero-order valence-electron chi connectivity index (χ0n) is 14.0. The summed E-state index contributed by atoms with van der Waals surface area (Å²) < 4.78 is 0. The van der Waals surface area contributed by atoms with Crippen molar-refractivity contribution in [3.8, 4) is 0 Å². The van der Waals surface area contributed by atoms with E-state index in [2.05, 4.69) is 35.8 Å². The third-order valence-corrected chi connectivity index (χ3v) is 3.31. The molecule has 0 heterocycles. The molecule has 0 fully saturated rings. The smallest absolute Gasteiger partial charge is 0.0638 e. The molecule has 2 N–H and O–H groups in total. The molecule has 0 bridgehead atoms. The van der Waals surface area contributed by atoms with Gasteiger partial charge < -0.3 is 24.9 Å². The van der Waals surface area contributed by atoms with Gasteiger partial charge in [-0.3, -0.25) is 0 Å². The molecule has 0 saturated carbocycles.